The zero-order chi connectivity index (χ0) is 11.0. The lowest BCUT2D eigenvalue weighted by Crippen LogP contribution is -1.98. The number of carbonyl (C=O) groups is 1. The fraction of sp³-hybridized carbons (Fsp3) is 0.300. The smallest absolute Gasteiger partial charge is 0.302 e. The van der Waals surface area contributed by atoms with Gasteiger partial charge in [0.2, 0.25) is 0 Å². The van der Waals surface area contributed by atoms with Gasteiger partial charge in [-0.15, -0.1) is 0 Å². The van der Waals surface area contributed by atoms with Crippen molar-refractivity contribution in [2.24, 2.45) is 0 Å². The van der Waals surface area contributed by atoms with Gasteiger partial charge in [0.1, 0.15) is 6.61 Å². The maximum absolute atomic E-state index is 10.4. The van der Waals surface area contributed by atoms with Crippen molar-refractivity contribution < 1.29 is 14.6 Å². The zero-order valence-electron chi connectivity index (χ0n) is 8.36. The van der Waals surface area contributed by atoms with Gasteiger partial charge >= 0.3 is 5.97 Å². The molecule has 0 fully saturated rings. The van der Waals surface area contributed by atoms with Crippen LogP contribution in [0.25, 0.3) is 0 Å². The average Bonchev–Trinajstić information content (AvgIpc) is 2.20. The summed E-state index contributed by atoms with van der Waals surface area (Å²) in [6.45, 7) is 1.70. The summed E-state index contributed by atoms with van der Waals surface area (Å²) < 4.78 is 4.79. The average molecular weight is 197 g/mol. The molecule has 0 saturated carbocycles. The molecule has 0 bridgehead atoms. The molecule has 0 atom stereocenters. The first-order valence-electron chi connectivity index (χ1n) is 4.11. The summed E-state index contributed by atoms with van der Waals surface area (Å²) in [6, 6.07) is 7.22. The molecule has 1 rings (SSSR count). The second-order valence-corrected chi connectivity index (χ2v) is 2.52. The summed E-state index contributed by atoms with van der Waals surface area (Å²) in [5.41, 5.74) is 7.13. The zero-order valence-corrected chi connectivity index (χ0v) is 8.36. The van der Waals surface area contributed by atoms with E-state index in [9.17, 15) is 4.79 Å². The molecule has 1 aromatic rings. The number of anilines is 1. The number of nitrogen functional groups attached to an aromatic ring is 1. The van der Waals surface area contributed by atoms with Crippen LogP contribution in [0, 0.1) is 0 Å². The van der Waals surface area contributed by atoms with Crippen LogP contribution < -0.4 is 5.73 Å². The third-order valence-corrected chi connectivity index (χ3v) is 1.42. The lowest BCUT2D eigenvalue weighted by atomic mass is 10.2. The minimum atomic E-state index is -0.271. The minimum absolute atomic E-state index is 0.271. The van der Waals surface area contributed by atoms with Crippen molar-refractivity contribution in [2.75, 3.05) is 12.8 Å². The fourth-order valence-electron chi connectivity index (χ4n) is 0.799. The lowest BCUT2D eigenvalue weighted by Gasteiger charge is -2.01. The van der Waals surface area contributed by atoms with Crippen molar-refractivity contribution in [3.8, 4) is 0 Å². The predicted octanol–water partition coefficient (Wildman–Crippen LogP) is 0.940. The Labute approximate surface area is 83.3 Å². The number of aliphatic hydroxyl groups excluding tert-OH is 1. The van der Waals surface area contributed by atoms with Crippen LogP contribution in [0.3, 0.4) is 0 Å². The molecule has 4 nitrogen and oxygen atoms in total. The van der Waals surface area contributed by atoms with Gasteiger partial charge in [0, 0.05) is 19.7 Å². The highest BCUT2D eigenvalue weighted by molar-refractivity contribution is 5.65. The molecule has 3 N–H and O–H groups in total. The van der Waals surface area contributed by atoms with E-state index in [1.165, 1.54) is 6.92 Å². The maximum atomic E-state index is 10.4. The van der Waals surface area contributed by atoms with Gasteiger partial charge < -0.3 is 15.6 Å². The second kappa shape index (κ2) is 6.91. The van der Waals surface area contributed by atoms with Gasteiger partial charge in [-0.1, -0.05) is 12.1 Å². The van der Waals surface area contributed by atoms with E-state index in [-0.39, 0.29) is 5.97 Å². The van der Waals surface area contributed by atoms with E-state index < -0.39 is 0 Å². The molecule has 0 spiro atoms. The Morgan fingerprint density at radius 2 is 1.86 bits per heavy atom. The number of hydrogen-bond donors (Lipinski definition) is 2. The molecule has 0 saturated heterocycles. The van der Waals surface area contributed by atoms with E-state index >= 15 is 0 Å². The first-order chi connectivity index (χ1) is 6.68. The molecule has 0 aliphatic rings. The number of esters is 1. The van der Waals surface area contributed by atoms with Crippen LogP contribution in [0.15, 0.2) is 24.3 Å². The molecular weight excluding hydrogens is 182 g/mol. The molecule has 0 aromatic heterocycles. The van der Waals surface area contributed by atoms with E-state index in [0.717, 1.165) is 12.7 Å². The second-order valence-electron chi connectivity index (χ2n) is 2.52. The Morgan fingerprint density at radius 3 is 2.29 bits per heavy atom. The number of rotatable bonds is 2. The predicted molar refractivity (Wildman–Crippen MR) is 54.5 cm³/mol. The van der Waals surface area contributed by atoms with Crippen LogP contribution in [0.4, 0.5) is 5.69 Å². The number of hydrogen-bond acceptors (Lipinski definition) is 4. The maximum Gasteiger partial charge on any atom is 0.302 e. The van der Waals surface area contributed by atoms with E-state index in [4.69, 9.17) is 15.6 Å². The van der Waals surface area contributed by atoms with Crippen LogP contribution in [0.2, 0.25) is 0 Å². The Hall–Kier alpha value is -1.55. The first-order valence-corrected chi connectivity index (χ1v) is 4.11. The van der Waals surface area contributed by atoms with Crippen LogP contribution in [-0.4, -0.2) is 18.2 Å². The van der Waals surface area contributed by atoms with Crippen LogP contribution >= 0.6 is 0 Å². The summed E-state index contributed by atoms with van der Waals surface area (Å²) in [5.74, 6) is -0.271. The number of nitrogens with two attached hydrogens (primary N) is 1. The van der Waals surface area contributed by atoms with Crippen molar-refractivity contribution in [3.05, 3.63) is 29.8 Å². The normalized spacial score (nSPS) is 8.50. The first kappa shape index (κ1) is 12.4. The van der Waals surface area contributed by atoms with Crippen LogP contribution in [0.5, 0.6) is 0 Å². The lowest BCUT2D eigenvalue weighted by molar-refractivity contribution is -0.142. The van der Waals surface area contributed by atoms with Crippen molar-refractivity contribution in [1.29, 1.82) is 0 Å². The summed E-state index contributed by atoms with van der Waals surface area (Å²) in [4.78, 5) is 10.4. The summed E-state index contributed by atoms with van der Waals surface area (Å²) in [6.07, 6.45) is 0. The van der Waals surface area contributed by atoms with Crippen LogP contribution in [-0.2, 0) is 16.1 Å². The molecule has 78 valence electrons. The number of ether oxygens (including phenoxy) is 1. The van der Waals surface area contributed by atoms with Gasteiger partial charge in [0.15, 0.2) is 0 Å². The van der Waals surface area contributed by atoms with Crippen molar-refractivity contribution >= 4 is 11.7 Å². The summed E-state index contributed by atoms with van der Waals surface area (Å²) in [7, 11) is 1.00. The molecular formula is C10H15NO3. The van der Waals surface area contributed by atoms with Gasteiger partial charge in [0.25, 0.3) is 0 Å². The summed E-state index contributed by atoms with van der Waals surface area (Å²) >= 11 is 0. The standard InChI is InChI=1S/C9H11NO2.CH4O/c1-7(11)12-6-8-2-4-9(10)5-3-8;1-2/h2-5H,6,10H2,1H3;2H,1H3. The third-order valence-electron chi connectivity index (χ3n) is 1.42. The SMILES string of the molecule is CC(=O)OCc1ccc(N)cc1.CO. The monoisotopic (exact) mass is 197 g/mol. The number of aliphatic hydroxyl groups is 1. The topological polar surface area (TPSA) is 72.5 Å². The van der Waals surface area contributed by atoms with E-state index in [1.54, 1.807) is 12.1 Å². The van der Waals surface area contributed by atoms with Gasteiger partial charge in [-0.3, -0.25) is 4.79 Å². The Bertz CT molecular complexity index is 269. The fourth-order valence-corrected chi connectivity index (χ4v) is 0.799. The van der Waals surface area contributed by atoms with Gasteiger partial charge in [0.05, 0.1) is 0 Å². The molecule has 0 aliphatic heterocycles. The largest absolute Gasteiger partial charge is 0.461 e. The van der Waals surface area contributed by atoms with E-state index in [0.29, 0.717) is 12.3 Å². The van der Waals surface area contributed by atoms with Crippen molar-refractivity contribution in [3.63, 3.8) is 0 Å². The number of carbonyl (C=O) groups excluding carboxylic acids is 1. The van der Waals surface area contributed by atoms with Gasteiger partial charge in [-0.25, -0.2) is 0 Å². The molecule has 0 amide bonds. The molecule has 0 radical (unpaired) electrons. The van der Waals surface area contributed by atoms with E-state index in [2.05, 4.69) is 0 Å². The molecule has 0 unspecified atom stereocenters. The molecule has 0 heterocycles. The Balaban J connectivity index is 0.000000791. The van der Waals surface area contributed by atoms with Gasteiger partial charge in [-0.2, -0.15) is 0 Å². The molecule has 1 aromatic carbocycles. The highest BCUT2D eigenvalue weighted by Crippen LogP contribution is 2.06. The summed E-state index contributed by atoms with van der Waals surface area (Å²) in [5, 5.41) is 7.00. The van der Waals surface area contributed by atoms with Crippen molar-refractivity contribution in [1.82, 2.24) is 0 Å². The quantitative estimate of drug-likeness (QED) is 0.546. The number of benzene rings is 1. The van der Waals surface area contributed by atoms with Crippen molar-refractivity contribution in [2.45, 2.75) is 13.5 Å². The third kappa shape index (κ3) is 5.16. The van der Waals surface area contributed by atoms with E-state index in [1.807, 2.05) is 12.1 Å². The minimum Gasteiger partial charge on any atom is -0.461 e. The van der Waals surface area contributed by atoms with Gasteiger partial charge in [-0.05, 0) is 17.7 Å². The molecule has 14 heavy (non-hydrogen) atoms. The molecule has 4 heteroatoms. The highest BCUT2D eigenvalue weighted by atomic mass is 16.5. The Kier molecular flexibility index (Phi) is 6.15. The highest BCUT2D eigenvalue weighted by Gasteiger charge is 1.94. The van der Waals surface area contributed by atoms with Crippen LogP contribution in [0.1, 0.15) is 12.5 Å². The Morgan fingerprint density at radius 1 is 1.36 bits per heavy atom. The molecule has 0 aliphatic carbocycles.